The van der Waals surface area contributed by atoms with Gasteiger partial charge in [0, 0.05) is 29.4 Å². The van der Waals surface area contributed by atoms with Gasteiger partial charge in [0.1, 0.15) is 0 Å². The maximum Gasteiger partial charge on any atom is 0.0818 e. The Hall–Kier alpha value is -0.710. The highest BCUT2D eigenvalue weighted by Crippen LogP contribution is 2.23. The molecule has 2 unspecified atom stereocenters. The average Bonchev–Trinajstić information content (AvgIpc) is 2.76. The second-order valence-electron chi connectivity index (χ2n) is 10.8. The molecule has 0 fully saturated rings. The predicted molar refractivity (Wildman–Crippen MR) is 144 cm³/mol. The van der Waals surface area contributed by atoms with Crippen LogP contribution in [0.5, 0.6) is 0 Å². The molecule has 0 amide bonds. The summed E-state index contributed by atoms with van der Waals surface area (Å²) >= 11 is 0. The predicted octanol–water partition coefficient (Wildman–Crippen LogP) is 8.08. The molecule has 1 aromatic rings. The molecule has 3 nitrogen and oxygen atoms in total. The third-order valence-electron chi connectivity index (χ3n) is 5.94. The van der Waals surface area contributed by atoms with Crippen molar-refractivity contribution in [3.63, 3.8) is 0 Å². The third-order valence-corrected chi connectivity index (χ3v) is 6.81. The van der Waals surface area contributed by atoms with Crippen LogP contribution in [0.3, 0.4) is 0 Å². The maximum atomic E-state index is 11.0. The molecule has 0 saturated heterocycles. The Kier molecular flexibility index (Phi) is 18.0. The quantitative estimate of drug-likeness (QED) is 0.167. The molecule has 0 saturated carbocycles. The van der Waals surface area contributed by atoms with Crippen LogP contribution in [0.1, 0.15) is 110 Å². The van der Waals surface area contributed by atoms with Crippen molar-refractivity contribution in [2.24, 2.45) is 5.41 Å². The van der Waals surface area contributed by atoms with Crippen LogP contribution in [0.15, 0.2) is 30.3 Å². The first-order valence-corrected chi connectivity index (χ1v) is 15.1. The van der Waals surface area contributed by atoms with E-state index in [4.69, 9.17) is 9.47 Å². The lowest BCUT2D eigenvalue weighted by molar-refractivity contribution is -0.0430. The molecule has 0 aliphatic carbocycles. The van der Waals surface area contributed by atoms with Crippen LogP contribution in [0.2, 0.25) is 0 Å². The Labute approximate surface area is 207 Å². The SMILES string of the molecule is CS(=O)CCCCCCCCCCCCCCOCC(CC(C)(C)C)OCc1ccccc1. The minimum Gasteiger partial charge on any atom is -0.379 e. The molecule has 33 heavy (non-hydrogen) atoms. The molecule has 2 atom stereocenters. The van der Waals surface area contributed by atoms with E-state index in [1.807, 2.05) is 6.07 Å². The van der Waals surface area contributed by atoms with Crippen LogP contribution >= 0.6 is 0 Å². The molecule has 1 aromatic carbocycles. The van der Waals surface area contributed by atoms with Crippen molar-refractivity contribution in [3.8, 4) is 0 Å². The van der Waals surface area contributed by atoms with E-state index < -0.39 is 10.8 Å². The summed E-state index contributed by atoms with van der Waals surface area (Å²) in [5.74, 6) is 0.880. The van der Waals surface area contributed by atoms with Gasteiger partial charge >= 0.3 is 0 Å². The van der Waals surface area contributed by atoms with Crippen molar-refractivity contribution in [1.29, 1.82) is 0 Å². The Morgan fingerprint density at radius 1 is 0.788 bits per heavy atom. The smallest absolute Gasteiger partial charge is 0.0818 e. The molecular weight excluding hydrogens is 428 g/mol. The van der Waals surface area contributed by atoms with Crippen molar-refractivity contribution < 1.29 is 13.7 Å². The first kappa shape index (κ1) is 30.3. The number of hydrogen-bond acceptors (Lipinski definition) is 3. The standard InChI is InChI=1S/C29H52O3S/c1-29(2,3)24-28(32-25-27-20-16-15-17-21-27)26-31-22-18-13-11-9-7-5-6-8-10-12-14-19-23-33(4)30/h15-17,20-21,28H,5-14,18-19,22-26H2,1-4H3. The molecule has 0 N–H and O–H groups in total. The fraction of sp³-hybridized carbons (Fsp3) is 0.793. The average molecular weight is 481 g/mol. The normalized spacial score (nSPS) is 13.8. The summed E-state index contributed by atoms with van der Waals surface area (Å²) in [5, 5.41) is 0. The monoisotopic (exact) mass is 480 g/mol. The van der Waals surface area contributed by atoms with Gasteiger partial charge in [-0.2, -0.15) is 0 Å². The summed E-state index contributed by atoms with van der Waals surface area (Å²) in [6, 6.07) is 10.4. The first-order chi connectivity index (χ1) is 15.9. The Morgan fingerprint density at radius 2 is 1.30 bits per heavy atom. The zero-order valence-electron chi connectivity index (χ0n) is 22.1. The lowest BCUT2D eigenvalue weighted by Gasteiger charge is -2.26. The highest BCUT2D eigenvalue weighted by atomic mass is 32.2. The van der Waals surface area contributed by atoms with Crippen molar-refractivity contribution in [2.45, 2.75) is 117 Å². The molecule has 0 heterocycles. The van der Waals surface area contributed by atoms with Crippen molar-refractivity contribution in [2.75, 3.05) is 25.2 Å². The van der Waals surface area contributed by atoms with E-state index in [1.165, 1.54) is 69.8 Å². The number of rotatable bonds is 21. The lowest BCUT2D eigenvalue weighted by Crippen LogP contribution is -2.26. The lowest BCUT2D eigenvalue weighted by atomic mass is 9.89. The maximum absolute atomic E-state index is 11.0. The molecule has 0 aliphatic rings. The number of unbranched alkanes of at least 4 members (excludes halogenated alkanes) is 11. The van der Waals surface area contributed by atoms with Crippen LogP contribution in [-0.4, -0.2) is 35.5 Å². The van der Waals surface area contributed by atoms with Crippen LogP contribution in [-0.2, 0) is 26.9 Å². The molecule has 1 rings (SSSR count). The molecule has 0 radical (unpaired) electrons. The van der Waals surface area contributed by atoms with E-state index >= 15 is 0 Å². The highest BCUT2D eigenvalue weighted by molar-refractivity contribution is 7.84. The number of benzene rings is 1. The van der Waals surface area contributed by atoms with Crippen LogP contribution in [0.25, 0.3) is 0 Å². The van der Waals surface area contributed by atoms with Gasteiger partial charge in [0.2, 0.25) is 0 Å². The molecule has 4 heteroatoms. The van der Waals surface area contributed by atoms with Gasteiger partial charge in [0.15, 0.2) is 0 Å². The fourth-order valence-electron chi connectivity index (χ4n) is 4.13. The van der Waals surface area contributed by atoms with Gasteiger partial charge in [-0.1, -0.05) is 115 Å². The summed E-state index contributed by atoms with van der Waals surface area (Å²) in [7, 11) is -0.610. The van der Waals surface area contributed by atoms with Gasteiger partial charge in [-0.3, -0.25) is 4.21 Å². The molecule has 192 valence electrons. The minimum atomic E-state index is -0.610. The third kappa shape index (κ3) is 20.4. The summed E-state index contributed by atoms with van der Waals surface area (Å²) in [6.45, 7) is 9.00. The minimum absolute atomic E-state index is 0.154. The second-order valence-corrected chi connectivity index (χ2v) is 12.3. The van der Waals surface area contributed by atoms with Crippen LogP contribution in [0, 0.1) is 5.41 Å². The Morgan fingerprint density at radius 3 is 1.82 bits per heavy atom. The first-order valence-electron chi connectivity index (χ1n) is 13.4. The summed E-state index contributed by atoms with van der Waals surface area (Å²) in [5.41, 5.74) is 1.46. The van der Waals surface area contributed by atoms with E-state index in [-0.39, 0.29) is 11.5 Å². The number of hydrogen-bond donors (Lipinski definition) is 0. The fourth-order valence-corrected chi connectivity index (χ4v) is 4.74. The zero-order chi connectivity index (χ0) is 24.2. The molecule has 0 aromatic heterocycles. The second kappa shape index (κ2) is 19.6. The van der Waals surface area contributed by atoms with Gasteiger partial charge in [-0.05, 0) is 30.2 Å². The van der Waals surface area contributed by atoms with Gasteiger partial charge < -0.3 is 9.47 Å². The summed E-state index contributed by atoms with van der Waals surface area (Å²) in [6.07, 6.45) is 18.6. The van der Waals surface area contributed by atoms with Gasteiger partial charge in [-0.25, -0.2) is 0 Å². The van der Waals surface area contributed by atoms with Gasteiger partial charge in [0.25, 0.3) is 0 Å². The van der Waals surface area contributed by atoms with Gasteiger partial charge in [0.05, 0.1) is 19.3 Å². The van der Waals surface area contributed by atoms with Crippen molar-refractivity contribution in [3.05, 3.63) is 35.9 Å². The molecular formula is C29H52O3S. The van der Waals surface area contributed by atoms with Crippen LogP contribution in [0.4, 0.5) is 0 Å². The van der Waals surface area contributed by atoms with Crippen molar-refractivity contribution in [1.82, 2.24) is 0 Å². The van der Waals surface area contributed by atoms with E-state index in [2.05, 4.69) is 45.0 Å². The molecule has 0 bridgehead atoms. The van der Waals surface area contributed by atoms with E-state index in [0.717, 1.165) is 31.6 Å². The topological polar surface area (TPSA) is 35.5 Å². The van der Waals surface area contributed by atoms with Crippen LogP contribution < -0.4 is 0 Å². The van der Waals surface area contributed by atoms with E-state index in [1.54, 1.807) is 6.26 Å². The number of ether oxygens (including phenoxy) is 2. The van der Waals surface area contributed by atoms with Crippen molar-refractivity contribution >= 4 is 10.8 Å². The zero-order valence-corrected chi connectivity index (χ0v) is 22.9. The van der Waals surface area contributed by atoms with Gasteiger partial charge in [-0.15, -0.1) is 0 Å². The summed E-state index contributed by atoms with van der Waals surface area (Å²) < 4.78 is 23.2. The Balaban J connectivity index is 1.96. The van der Waals surface area contributed by atoms with E-state index in [9.17, 15) is 4.21 Å². The highest BCUT2D eigenvalue weighted by Gasteiger charge is 2.19. The largest absolute Gasteiger partial charge is 0.379 e. The Bertz CT molecular complexity index is 582. The molecule has 0 spiro atoms. The molecule has 0 aliphatic heterocycles. The van der Waals surface area contributed by atoms with E-state index in [0.29, 0.717) is 13.2 Å². The summed E-state index contributed by atoms with van der Waals surface area (Å²) in [4.78, 5) is 0.